The SMILES string of the molecule is CC(C)C[C@@]1(C(=O)OC(C)(C)C)C[C@H](C#N)[C@H](c2nccs2)N1C(=O)c1ccc(C(C)(C)C)cc1. The summed E-state index contributed by atoms with van der Waals surface area (Å²) in [5, 5.41) is 12.6. The third-order valence-corrected chi connectivity index (χ3v) is 7.14. The Kier molecular flexibility index (Phi) is 7.48. The Morgan fingerprint density at radius 3 is 2.29 bits per heavy atom. The zero-order valence-corrected chi connectivity index (χ0v) is 22.9. The molecular formula is C28H37N3O3S. The molecule has 35 heavy (non-hydrogen) atoms. The van der Waals surface area contributed by atoms with Gasteiger partial charge in [-0.2, -0.15) is 5.26 Å². The second-order valence-electron chi connectivity index (χ2n) is 11.9. The molecule has 1 amide bonds. The molecule has 1 saturated heterocycles. The van der Waals surface area contributed by atoms with Crippen LogP contribution in [0.4, 0.5) is 0 Å². The van der Waals surface area contributed by atoms with Gasteiger partial charge >= 0.3 is 5.97 Å². The van der Waals surface area contributed by atoms with Gasteiger partial charge in [-0.25, -0.2) is 9.78 Å². The molecule has 3 rings (SSSR count). The molecule has 1 aromatic heterocycles. The van der Waals surface area contributed by atoms with Crippen LogP contribution in [-0.4, -0.2) is 32.9 Å². The molecule has 0 N–H and O–H groups in total. The molecule has 0 spiro atoms. The predicted octanol–water partition coefficient (Wildman–Crippen LogP) is 6.29. The van der Waals surface area contributed by atoms with Crippen LogP contribution in [-0.2, 0) is 14.9 Å². The van der Waals surface area contributed by atoms with Crippen LogP contribution in [0.15, 0.2) is 35.8 Å². The molecule has 0 saturated carbocycles. The van der Waals surface area contributed by atoms with Gasteiger partial charge < -0.3 is 9.64 Å². The maximum Gasteiger partial charge on any atom is 0.332 e. The number of hydrogen-bond acceptors (Lipinski definition) is 6. The van der Waals surface area contributed by atoms with Crippen molar-refractivity contribution in [1.82, 2.24) is 9.88 Å². The molecule has 3 atom stereocenters. The minimum atomic E-state index is -1.27. The van der Waals surface area contributed by atoms with Crippen LogP contribution in [0.25, 0.3) is 0 Å². The lowest BCUT2D eigenvalue weighted by molar-refractivity contribution is -0.168. The lowest BCUT2D eigenvalue weighted by atomic mass is 9.83. The largest absolute Gasteiger partial charge is 0.458 e. The van der Waals surface area contributed by atoms with Gasteiger partial charge in [-0.3, -0.25) is 4.79 Å². The summed E-state index contributed by atoms with van der Waals surface area (Å²) in [6.07, 6.45) is 2.28. The predicted molar refractivity (Wildman–Crippen MR) is 138 cm³/mol. The van der Waals surface area contributed by atoms with Crippen molar-refractivity contribution in [2.45, 2.75) is 90.8 Å². The van der Waals surface area contributed by atoms with Crippen molar-refractivity contribution in [3.05, 3.63) is 52.0 Å². The fourth-order valence-electron chi connectivity index (χ4n) is 4.87. The molecule has 1 aliphatic rings. The maximum atomic E-state index is 14.2. The van der Waals surface area contributed by atoms with Gasteiger partial charge in [0.2, 0.25) is 0 Å². The second kappa shape index (κ2) is 9.73. The van der Waals surface area contributed by atoms with E-state index < -0.39 is 29.1 Å². The standard InChI is InChI=1S/C28H37N3O3S/c1-18(2)15-28(25(33)34-27(6,7)8)16-20(17-29)22(23-30-13-14-35-23)31(28)24(32)19-9-11-21(12-10-19)26(3,4)5/h9-14,18,20,22H,15-16H2,1-8H3/t20-,22-,28+/m1/s1. The van der Waals surface area contributed by atoms with E-state index in [2.05, 4.69) is 31.8 Å². The fraction of sp³-hybridized carbons (Fsp3) is 0.571. The lowest BCUT2D eigenvalue weighted by Crippen LogP contribution is -2.56. The fourth-order valence-corrected chi connectivity index (χ4v) is 5.66. The van der Waals surface area contributed by atoms with E-state index in [1.165, 1.54) is 11.3 Å². The van der Waals surface area contributed by atoms with Crippen molar-refractivity contribution >= 4 is 23.2 Å². The molecule has 6 nitrogen and oxygen atoms in total. The highest BCUT2D eigenvalue weighted by Gasteiger charge is 2.61. The number of esters is 1. The van der Waals surface area contributed by atoms with Gasteiger partial charge in [0, 0.05) is 17.1 Å². The summed E-state index contributed by atoms with van der Waals surface area (Å²) < 4.78 is 5.91. The first-order chi connectivity index (χ1) is 16.2. The molecule has 2 aromatic rings. The lowest BCUT2D eigenvalue weighted by Gasteiger charge is -2.41. The third-order valence-electron chi connectivity index (χ3n) is 6.29. The van der Waals surface area contributed by atoms with E-state index in [4.69, 9.17) is 4.74 Å². The van der Waals surface area contributed by atoms with Crippen molar-refractivity contribution in [2.75, 3.05) is 0 Å². The Balaban J connectivity index is 2.19. The van der Waals surface area contributed by atoms with Crippen LogP contribution >= 0.6 is 11.3 Å². The normalized spacial score (nSPS) is 22.8. The number of nitrogens with zero attached hydrogens (tertiary/aromatic N) is 3. The van der Waals surface area contributed by atoms with E-state index in [9.17, 15) is 14.9 Å². The van der Waals surface area contributed by atoms with Crippen molar-refractivity contribution in [1.29, 1.82) is 5.26 Å². The summed E-state index contributed by atoms with van der Waals surface area (Å²) in [4.78, 5) is 34.2. The van der Waals surface area contributed by atoms with E-state index in [1.807, 2.05) is 64.3 Å². The molecular weight excluding hydrogens is 458 g/mol. The quantitative estimate of drug-likeness (QED) is 0.455. The van der Waals surface area contributed by atoms with Gasteiger partial charge in [-0.15, -0.1) is 11.3 Å². The molecule has 188 valence electrons. The highest BCUT2D eigenvalue weighted by Crippen LogP contribution is 2.51. The van der Waals surface area contributed by atoms with E-state index in [0.29, 0.717) is 17.0 Å². The summed E-state index contributed by atoms with van der Waals surface area (Å²) in [5.74, 6) is -1.23. The molecule has 0 radical (unpaired) electrons. The molecule has 2 heterocycles. The van der Waals surface area contributed by atoms with E-state index in [-0.39, 0.29) is 23.7 Å². The van der Waals surface area contributed by atoms with Crippen LogP contribution in [0.1, 0.15) is 95.2 Å². The minimum Gasteiger partial charge on any atom is -0.458 e. The molecule has 1 fully saturated rings. The van der Waals surface area contributed by atoms with Gasteiger partial charge in [0.1, 0.15) is 22.2 Å². The van der Waals surface area contributed by atoms with Crippen molar-refractivity contribution in [3.8, 4) is 6.07 Å². The third kappa shape index (κ3) is 5.59. The highest BCUT2D eigenvalue weighted by molar-refractivity contribution is 7.09. The number of benzene rings is 1. The molecule has 0 unspecified atom stereocenters. The number of nitriles is 1. The van der Waals surface area contributed by atoms with Crippen molar-refractivity contribution in [2.24, 2.45) is 11.8 Å². The zero-order valence-electron chi connectivity index (χ0n) is 22.1. The number of thiazole rings is 1. The summed E-state index contributed by atoms with van der Waals surface area (Å²) in [6, 6.07) is 9.31. The number of ether oxygens (including phenoxy) is 1. The Morgan fingerprint density at radius 2 is 1.83 bits per heavy atom. The smallest absolute Gasteiger partial charge is 0.332 e. The molecule has 1 aliphatic heterocycles. The Morgan fingerprint density at radius 1 is 1.20 bits per heavy atom. The molecule has 0 aliphatic carbocycles. The molecule has 7 heteroatoms. The van der Waals surface area contributed by atoms with Crippen LogP contribution < -0.4 is 0 Å². The van der Waals surface area contributed by atoms with E-state index in [1.54, 1.807) is 11.1 Å². The Hall–Kier alpha value is -2.72. The van der Waals surface area contributed by atoms with Gasteiger partial charge in [0.15, 0.2) is 0 Å². The average Bonchev–Trinajstić information content (AvgIpc) is 3.37. The van der Waals surface area contributed by atoms with E-state index >= 15 is 0 Å². The van der Waals surface area contributed by atoms with Crippen molar-refractivity contribution < 1.29 is 14.3 Å². The number of amides is 1. The number of hydrogen-bond donors (Lipinski definition) is 0. The average molecular weight is 496 g/mol. The Bertz CT molecular complexity index is 1090. The van der Waals surface area contributed by atoms with Gasteiger partial charge in [-0.1, -0.05) is 46.8 Å². The number of rotatable bonds is 5. The van der Waals surface area contributed by atoms with Crippen LogP contribution in [0.2, 0.25) is 0 Å². The van der Waals surface area contributed by atoms with Crippen molar-refractivity contribution in [3.63, 3.8) is 0 Å². The zero-order chi connectivity index (χ0) is 26.2. The number of aromatic nitrogens is 1. The molecule has 1 aromatic carbocycles. The van der Waals surface area contributed by atoms with Crippen LogP contribution in [0.3, 0.4) is 0 Å². The topological polar surface area (TPSA) is 83.3 Å². The number of carbonyl (C=O) groups excluding carboxylic acids is 2. The Labute approximate surface area is 213 Å². The van der Waals surface area contributed by atoms with Gasteiger partial charge in [0.25, 0.3) is 5.91 Å². The summed E-state index contributed by atoms with van der Waals surface area (Å²) in [6.45, 7) is 15.9. The van der Waals surface area contributed by atoms with Gasteiger partial charge in [-0.05, 0) is 62.6 Å². The summed E-state index contributed by atoms with van der Waals surface area (Å²) >= 11 is 1.40. The second-order valence-corrected chi connectivity index (χ2v) is 12.8. The molecule has 0 bridgehead atoms. The summed E-state index contributed by atoms with van der Waals surface area (Å²) in [7, 11) is 0. The van der Waals surface area contributed by atoms with Crippen LogP contribution in [0.5, 0.6) is 0 Å². The summed E-state index contributed by atoms with van der Waals surface area (Å²) in [5.41, 5.74) is -0.455. The first-order valence-corrected chi connectivity index (χ1v) is 13.0. The minimum absolute atomic E-state index is 0.0531. The first-order valence-electron chi connectivity index (χ1n) is 12.2. The maximum absolute atomic E-state index is 14.2. The van der Waals surface area contributed by atoms with E-state index in [0.717, 1.165) is 5.56 Å². The monoisotopic (exact) mass is 495 g/mol. The van der Waals surface area contributed by atoms with Crippen LogP contribution in [0, 0.1) is 23.2 Å². The number of likely N-dealkylation sites (tertiary alicyclic amines) is 1. The first kappa shape index (κ1) is 26.9. The highest BCUT2D eigenvalue weighted by atomic mass is 32.1. The number of carbonyl (C=O) groups is 2. The van der Waals surface area contributed by atoms with Gasteiger partial charge in [0.05, 0.1) is 12.0 Å².